The highest BCUT2D eigenvalue weighted by molar-refractivity contribution is 5.62. The summed E-state index contributed by atoms with van der Waals surface area (Å²) in [5.74, 6) is 0.835. The second-order valence-corrected chi connectivity index (χ2v) is 4.54. The molecule has 2 aromatic rings. The Hall–Kier alpha value is -2.09. The largest absolute Gasteiger partial charge is 0.497 e. The monoisotopic (exact) mass is 254 g/mol. The van der Waals surface area contributed by atoms with Gasteiger partial charge in [-0.15, -0.1) is 0 Å². The molecule has 0 fully saturated rings. The first kappa shape index (κ1) is 13.3. The van der Waals surface area contributed by atoms with Crippen LogP contribution in [0, 0.1) is 0 Å². The van der Waals surface area contributed by atoms with Gasteiger partial charge in [0, 0.05) is 5.92 Å². The average Bonchev–Trinajstić information content (AvgIpc) is 2.49. The minimum atomic E-state index is -0.0247. The molecule has 0 aliphatic rings. The number of carbonyl (C=O) groups is 1. The highest BCUT2D eigenvalue weighted by Crippen LogP contribution is 2.20. The van der Waals surface area contributed by atoms with E-state index >= 15 is 0 Å². The summed E-state index contributed by atoms with van der Waals surface area (Å²) in [5, 5.41) is 0. The van der Waals surface area contributed by atoms with Crippen LogP contribution in [0.4, 0.5) is 0 Å². The normalized spacial score (nSPS) is 11.8. The number of benzene rings is 2. The molecule has 2 aromatic carbocycles. The van der Waals surface area contributed by atoms with Gasteiger partial charge >= 0.3 is 0 Å². The number of aryl methyl sites for hydroxylation is 1. The van der Waals surface area contributed by atoms with E-state index in [9.17, 15) is 4.79 Å². The highest BCUT2D eigenvalue weighted by Gasteiger charge is 2.09. The molecule has 1 atom stereocenters. The summed E-state index contributed by atoms with van der Waals surface area (Å²) in [5.41, 5.74) is 2.31. The lowest BCUT2D eigenvalue weighted by molar-refractivity contribution is -0.109. The molecule has 19 heavy (non-hydrogen) atoms. The van der Waals surface area contributed by atoms with Gasteiger partial charge in [-0.3, -0.25) is 0 Å². The predicted molar refractivity (Wildman–Crippen MR) is 76.6 cm³/mol. The SMILES string of the molecule is COc1ccc(CCC(C=O)c2ccccc2)cc1. The molecule has 2 rings (SSSR count). The Labute approximate surface area is 114 Å². The molecule has 0 radical (unpaired) electrons. The molecule has 0 bridgehead atoms. The number of rotatable bonds is 6. The maximum Gasteiger partial charge on any atom is 0.127 e. The quantitative estimate of drug-likeness (QED) is 0.736. The molecule has 0 aromatic heterocycles. The smallest absolute Gasteiger partial charge is 0.127 e. The summed E-state index contributed by atoms with van der Waals surface area (Å²) in [7, 11) is 1.66. The molecule has 0 aliphatic heterocycles. The zero-order valence-electron chi connectivity index (χ0n) is 11.1. The average molecular weight is 254 g/mol. The van der Waals surface area contributed by atoms with Gasteiger partial charge in [0.15, 0.2) is 0 Å². The maximum atomic E-state index is 11.2. The molecule has 0 saturated carbocycles. The molecular formula is C17H18O2. The standard InChI is InChI=1S/C17H18O2/c1-19-17-11-8-14(9-12-17)7-10-16(13-18)15-5-3-2-4-6-15/h2-6,8-9,11-13,16H,7,10H2,1H3. The van der Waals surface area contributed by atoms with Gasteiger partial charge in [-0.05, 0) is 36.1 Å². The summed E-state index contributed by atoms with van der Waals surface area (Å²) in [6.07, 6.45) is 2.76. The zero-order valence-corrected chi connectivity index (χ0v) is 11.1. The first-order chi connectivity index (χ1) is 9.33. The number of methoxy groups -OCH3 is 1. The van der Waals surface area contributed by atoms with Crippen molar-refractivity contribution in [3.05, 3.63) is 65.7 Å². The number of ether oxygens (including phenoxy) is 1. The molecule has 0 N–H and O–H groups in total. The Morgan fingerprint density at radius 2 is 1.74 bits per heavy atom. The van der Waals surface area contributed by atoms with Crippen molar-refractivity contribution in [2.75, 3.05) is 7.11 Å². The van der Waals surface area contributed by atoms with Crippen molar-refractivity contribution in [1.82, 2.24) is 0 Å². The fraction of sp³-hybridized carbons (Fsp3) is 0.235. The Morgan fingerprint density at radius 3 is 2.32 bits per heavy atom. The van der Waals surface area contributed by atoms with Gasteiger partial charge in [0.2, 0.25) is 0 Å². The van der Waals surface area contributed by atoms with Crippen LogP contribution < -0.4 is 4.74 Å². The predicted octanol–water partition coefficient (Wildman–Crippen LogP) is 3.61. The van der Waals surface area contributed by atoms with Gasteiger partial charge in [0.05, 0.1) is 7.11 Å². The van der Waals surface area contributed by atoms with Crippen LogP contribution >= 0.6 is 0 Å². The summed E-state index contributed by atoms with van der Waals surface area (Å²) in [4.78, 5) is 11.2. The molecule has 2 nitrogen and oxygen atoms in total. The van der Waals surface area contributed by atoms with Crippen LogP contribution in [0.2, 0.25) is 0 Å². The van der Waals surface area contributed by atoms with Gasteiger partial charge in [-0.25, -0.2) is 0 Å². The Bertz CT molecular complexity index is 503. The van der Waals surface area contributed by atoms with Gasteiger partial charge in [0.1, 0.15) is 12.0 Å². The third-order valence-electron chi connectivity index (χ3n) is 3.30. The van der Waals surface area contributed by atoms with Crippen LogP contribution in [0.5, 0.6) is 5.75 Å². The summed E-state index contributed by atoms with van der Waals surface area (Å²) < 4.78 is 5.13. The molecule has 0 heterocycles. The van der Waals surface area contributed by atoms with Crippen molar-refractivity contribution in [3.63, 3.8) is 0 Å². The van der Waals surface area contributed by atoms with Gasteiger partial charge < -0.3 is 9.53 Å². The maximum absolute atomic E-state index is 11.2. The number of carbonyl (C=O) groups excluding carboxylic acids is 1. The van der Waals surface area contributed by atoms with Crippen LogP contribution in [0.25, 0.3) is 0 Å². The lowest BCUT2D eigenvalue weighted by Crippen LogP contribution is -2.02. The highest BCUT2D eigenvalue weighted by atomic mass is 16.5. The van der Waals surface area contributed by atoms with Crippen molar-refractivity contribution in [2.45, 2.75) is 18.8 Å². The van der Waals surface area contributed by atoms with E-state index < -0.39 is 0 Å². The van der Waals surface area contributed by atoms with E-state index in [1.807, 2.05) is 54.6 Å². The van der Waals surface area contributed by atoms with E-state index in [1.54, 1.807) is 7.11 Å². The topological polar surface area (TPSA) is 26.3 Å². The molecule has 1 unspecified atom stereocenters. The van der Waals surface area contributed by atoms with E-state index in [-0.39, 0.29) is 5.92 Å². The number of aldehydes is 1. The van der Waals surface area contributed by atoms with E-state index in [0.29, 0.717) is 0 Å². The lowest BCUT2D eigenvalue weighted by atomic mass is 9.94. The Balaban J connectivity index is 1.98. The van der Waals surface area contributed by atoms with E-state index in [4.69, 9.17) is 4.74 Å². The number of hydrogen-bond acceptors (Lipinski definition) is 2. The van der Waals surface area contributed by atoms with E-state index in [0.717, 1.165) is 30.4 Å². The Kier molecular flexibility index (Phi) is 4.73. The van der Waals surface area contributed by atoms with Gasteiger partial charge in [-0.1, -0.05) is 42.5 Å². The minimum Gasteiger partial charge on any atom is -0.497 e. The Morgan fingerprint density at radius 1 is 1.05 bits per heavy atom. The van der Waals surface area contributed by atoms with Gasteiger partial charge in [0.25, 0.3) is 0 Å². The van der Waals surface area contributed by atoms with Crippen molar-refractivity contribution in [2.24, 2.45) is 0 Å². The molecule has 2 heteroatoms. The van der Waals surface area contributed by atoms with E-state index in [2.05, 4.69) is 0 Å². The molecule has 0 spiro atoms. The van der Waals surface area contributed by atoms with Gasteiger partial charge in [-0.2, -0.15) is 0 Å². The van der Waals surface area contributed by atoms with Crippen LogP contribution in [0.3, 0.4) is 0 Å². The van der Waals surface area contributed by atoms with Crippen molar-refractivity contribution in [3.8, 4) is 5.75 Å². The van der Waals surface area contributed by atoms with E-state index in [1.165, 1.54) is 5.56 Å². The van der Waals surface area contributed by atoms with Crippen molar-refractivity contribution < 1.29 is 9.53 Å². The number of hydrogen-bond donors (Lipinski definition) is 0. The zero-order chi connectivity index (χ0) is 13.5. The first-order valence-corrected chi connectivity index (χ1v) is 6.46. The fourth-order valence-electron chi connectivity index (χ4n) is 2.13. The molecule has 0 saturated heterocycles. The fourth-order valence-corrected chi connectivity index (χ4v) is 2.13. The second-order valence-electron chi connectivity index (χ2n) is 4.54. The third kappa shape index (κ3) is 3.68. The summed E-state index contributed by atoms with van der Waals surface area (Å²) in [6.45, 7) is 0. The molecule has 0 aliphatic carbocycles. The van der Waals surface area contributed by atoms with Crippen molar-refractivity contribution in [1.29, 1.82) is 0 Å². The van der Waals surface area contributed by atoms with Crippen LogP contribution in [0.1, 0.15) is 23.5 Å². The summed E-state index contributed by atoms with van der Waals surface area (Å²) in [6, 6.07) is 17.9. The van der Waals surface area contributed by atoms with Crippen LogP contribution in [-0.4, -0.2) is 13.4 Å². The third-order valence-corrected chi connectivity index (χ3v) is 3.30. The molecule has 98 valence electrons. The summed E-state index contributed by atoms with van der Waals surface area (Å²) >= 11 is 0. The van der Waals surface area contributed by atoms with Crippen LogP contribution in [0.15, 0.2) is 54.6 Å². The van der Waals surface area contributed by atoms with Crippen molar-refractivity contribution >= 4 is 6.29 Å². The van der Waals surface area contributed by atoms with Crippen LogP contribution in [-0.2, 0) is 11.2 Å². The molecule has 0 amide bonds. The molecular weight excluding hydrogens is 236 g/mol. The lowest BCUT2D eigenvalue weighted by Gasteiger charge is -2.10. The first-order valence-electron chi connectivity index (χ1n) is 6.46. The minimum absolute atomic E-state index is 0.0247. The second kappa shape index (κ2) is 6.74.